The molecule has 0 fully saturated rings. The molecule has 0 bridgehead atoms. The second-order valence-corrected chi connectivity index (χ2v) is 6.64. The van der Waals surface area contributed by atoms with Crippen LogP contribution in [0.1, 0.15) is 23.9 Å². The molecule has 8 heteroatoms. The monoisotopic (exact) mass is 406 g/mol. The zero-order chi connectivity index (χ0) is 18.5. The number of ether oxygens (including phenoxy) is 1. The van der Waals surface area contributed by atoms with E-state index >= 15 is 0 Å². The lowest BCUT2D eigenvalue weighted by Crippen LogP contribution is -2.04. The molecule has 0 aliphatic rings. The predicted octanol–water partition coefficient (Wildman–Crippen LogP) is 5.27. The number of H-pyrrole nitrogens is 1. The number of nitrogens with zero attached hydrogens (tertiary/aromatic N) is 3. The molecular formula is C18H16Cl2N4OS. The zero-order valence-electron chi connectivity index (χ0n) is 13.9. The summed E-state index contributed by atoms with van der Waals surface area (Å²) in [7, 11) is 0. The fourth-order valence-corrected chi connectivity index (χ4v) is 2.96. The fourth-order valence-electron chi connectivity index (χ4n) is 2.26. The molecule has 1 N–H and O–H groups in total. The lowest BCUT2D eigenvalue weighted by molar-refractivity contribution is 0.291. The van der Waals surface area contributed by atoms with Crippen LogP contribution in [0.2, 0.25) is 10.0 Å². The van der Waals surface area contributed by atoms with Crippen LogP contribution in [0.15, 0.2) is 47.6 Å². The molecule has 0 aliphatic heterocycles. The maximum absolute atomic E-state index is 6.11. The van der Waals surface area contributed by atoms with Gasteiger partial charge < -0.3 is 4.74 Å². The number of benzene rings is 2. The number of halogens is 2. The summed E-state index contributed by atoms with van der Waals surface area (Å²) in [4.78, 5) is 0. The van der Waals surface area contributed by atoms with Crippen molar-refractivity contribution in [3.63, 3.8) is 0 Å². The van der Waals surface area contributed by atoms with Crippen LogP contribution in [0.3, 0.4) is 0 Å². The maximum atomic E-state index is 6.11. The highest BCUT2D eigenvalue weighted by Crippen LogP contribution is 2.32. The molecule has 3 rings (SSSR count). The molecule has 0 unspecified atom stereocenters. The van der Waals surface area contributed by atoms with Gasteiger partial charge in [0, 0.05) is 0 Å². The second-order valence-electron chi connectivity index (χ2n) is 5.44. The Morgan fingerprint density at radius 1 is 1.19 bits per heavy atom. The van der Waals surface area contributed by atoms with Gasteiger partial charge in [-0.15, -0.1) is 0 Å². The standard InChI is InChI=1S/C18H16Cl2N4OS/c1-2-12-6-8-13(9-7-12)10-21-24-16(22-23-18(24)26)11-25-17-14(19)4-3-5-15(17)20/h3-10H,2,11H2,1H3,(H,23,26)/b21-10-. The third-order valence-electron chi connectivity index (χ3n) is 3.69. The van der Waals surface area contributed by atoms with Gasteiger partial charge in [0.15, 0.2) is 11.6 Å². The number of para-hydroxylation sites is 1. The first-order chi connectivity index (χ1) is 12.6. The molecule has 1 aromatic heterocycles. The molecule has 0 saturated heterocycles. The average molecular weight is 407 g/mol. The Kier molecular flexibility index (Phi) is 6.08. The van der Waals surface area contributed by atoms with Gasteiger partial charge >= 0.3 is 0 Å². The van der Waals surface area contributed by atoms with E-state index in [1.54, 1.807) is 24.4 Å². The Morgan fingerprint density at radius 2 is 1.88 bits per heavy atom. The Labute approximate surface area is 166 Å². The summed E-state index contributed by atoms with van der Waals surface area (Å²) in [5.74, 6) is 0.905. The Hall–Kier alpha value is -2.15. The van der Waals surface area contributed by atoms with Gasteiger partial charge in [0.2, 0.25) is 4.77 Å². The minimum absolute atomic E-state index is 0.114. The van der Waals surface area contributed by atoms with E-state index in [2.05, 4.69) is 34.4 Å². The first-order valence-electron chi connectivity index (χ1n) is 7.95. The molecule has 1 heterocycles. The summed E-state index contributed by atoms with van der Waals surface area (Å²) in [6.07, 6.45) is 2.72. The molecule has 3 aromatic rings. The van der Waals surface area contributed by atoms with Gasteiger partial charge in [-0.05, 0) is 41.9 Å². The van der Waals surface area contributed by atoms with Gasteiger partial charge in [-0.3, -0.25) is 0 Å². The molecule has 2 aromatic carbocycles. The van der Waals surface area contributed by atoms with Crippen LogP contribution in [0.5, 0.6) is 5.75 Å². The maximum Gasteiger partial charge on any atom is 0.216 e. The van der Waals surface area contributed by atoms with Crippen LogP contribution in [-0.2, 0) is 13.0 Å². The van der Waals surface area contributed by atoms with Crippen LogP contribution in [0.4, 0.5) is 0 Å². The Morgan fingerprint density at radius 3 is 2.54 bits per heavy atom. The summed E-state index contributed by atoms with van der Waals surface area (Å²) in [5.41, 5.74) is 2.24. The number of hydrogen-bond acceptors (Lipinski definition) is 4. The summed E-state index contributed by atoms with van der Waals surface area (Å²) in [6.45, 7) is 2.23. The highest BCUT2D eigenvalue weighted by Gasteiger charge is 2.10. The van der Waals surface area contributed by atoms with Crippen molar-refractivity contribution < 1.29 is 4.74 Å². The van der Waals surface area contributed by atoms with E-state index in [1.165, 1.54) is 10.2 Å². The van der Waals surface area contributed by atoms with E-state index in [4.69, 9.17) is 40.2 Å². The SMILES string of the molecule is CCc1ccc(/C=N\n2c(COc3c(Cl)cccc3Cl)n[nH]c2=S)cc1. The van der Waals surface area contributed by atoms with Gasteiger partial charge in [-0.25, -0.2) is 5.10 Å². The zero-order valence-corrected chi connectivity index (χ0v) is 16.3. The average Bonchev–Trinajstić information content (AvgIpc) is 3.00. The van der Waals surface area contributed by atoms with E-state index < -0.39 is 0 Å². The molecular weight excluding hydrogens is 391 g/mol. The van der Waals surface area contributed by atoms with Crippen LogP contribution in [0.25, 0.3) is 0 Å². The summed E-state index contributed by atoms with van der Waals surface area (Å²) in [5, 5.41) is 12.1. The van der Waals surface area contributed by atoms with E-state index in [-0.39, 0.29) is 6.61 Å². The molecule has 0 saturated carbocycles. The second kappa shape index (κ2) is 8.49. The van der Waals surface area contributed by atoms with Crippen molar-refractivity contribution >= 4 is 41.6 Å². The van der Waals surface area contributed by atoms with Crippen LogP contribution in [0, 0.1) is 4.77 Å². The largest absolute Gasteiger partial charge is 0.482 e. The van der Waals surface area contributed by atoms with Gasteiger partial charge in [-0.2, -0.15) is 14.9 Å². The normalized spacial score (nSPS) is 11.2. The summed E-state index contributed by atoms with van der Waals surface area (Å²) in [6, 6.07) is 13.3. The first kappa shape index (κ1) is 18.6. The van der Waals surface area contributed by atoms with Gasteiger partial charge in [0.05, 0.1) is 16.3 Å². The lowest BCUT2D eigenvalue weighted by Gasteiger charge is -2.08. The number of aromatic nitrogens is 3. The molecule has 0 atom stereocenters. The smallest absolute Gasteiger partial charge is 0.216 e. The summed E-state index contributed by atoms with van der Waals surface area (Å²) >= 11 is 17.5. The molecule has 134 valence electrons. The number of nitrogens with one attached hydrogen (secondary N) is 1. The van der Waals surface area contributed by atoms with Crippen molar-refractivity contribution in [1.29, 1.82) is 0 Å². The van der Waals surface area contributed by atoms with E-state index in [0.717, 1.165) is 12.0 Å². The third kappa shape index (κ3) is 4.33. The molecule has 0 aliphatic carbocycles. The first-order valence-corrected chi connectivity index (χ1v) is 9.11. The van der Waals surface area contributed by atoms with Crippen LogP contribution in [-0.4, -0.2) is 21.1 Å². The number of aryl methyl sites for hydroxylation is 1. The van der Waals surface area contributed by atoms with Crippen molar-refractivity contribution in [3.05, 3.63) is 74.2 Å². The third-order valence-corrected chi connectivity index (χ3v) is 4.55. The van der Waals surface area contributed by atoms with Crippen LogP contribution >= 0.6 is 35.4 Å². The quantitative estimate of drug-likeness (QED) is 0.447. The van der Waals surface area contributed by atoms with Crippen molar-refractivity contribution in [2.24, 2.45) is 5.10 Å². The predicted molar refractivity (Wildman–Crippen MR) is 107 cm³/mol. The fraction of sp³-hybridized carbons (Fsp3) is 0.167. The molecule has 0 amide bonds. The minimum atomic E-state index is 0.114. The number of aromatic amines is 1. The highest BCUT2D eigenvalue weighted by molar-refractivity contribution is 7.71. The van der Waals surface area contributed by atoms with E-state index in [1.807, 2.05) is 12.1 Å². The van der Waals surface area contributed by atoms with E-state index in [0.29, 0.717) is 26.4 Å². The number of hydrogen-bond donors (Lipinski definition) is 1. The van der Waals surface area contributed by atoms with Crippen molar-refractivity contribution in [2.45, 2.75) is 20.0 Å². The van der Waals surface area contributed by atoms with Gasteiger partial charge in [-0.1, -0.05) is 60.5 Å². The molecule has 5 nitrogen and oxygen atoms in total. The molecule has 26 heavy (non-hydrogen) atoms. The molecule has 0 spiro atoms. The van der Waals surface area contributed by atoms with E-state index in [9.17, 15) is 0 Å². The van der Waals surface area contributed by atoms with Crippen molar-refractivity contribution in [1.82, 2.24) is 14.9 Å². The van der Waals surface area contributed by atoms with Crippen molar-refractivity contribution in [3.8, 4) is 5.75 Å². The lowest BCUT2D eigenvalue weighted by atomic mass is 10.1. The topological polar surface area (TPSA) is 55.2 Å². The van der Waals surface area contributed by atoms with Gasteiger partial charge in [0.1, 0.15) is 6.61 Å². The summed E-state index contributed by atoms with van der Waals surface area (Å²) < 4.78 is 7.58. The highest BCUT2D eigenvalue weighted by atomic mass is 35.5. The Bertz CT molecular complexity index is 959. The number of rotatable bonds is 6. The van der Waals surface area contributed by atoms with Crippen LogP contribution < -0.4 is 4.74 Å². The van der Waals surface area contributed by atoms with Gasteiger partial charge in [0.25, 0.3) is 0 Å². The Balaban J connectivity index is 1.78. The molecule has 0 radical (unpaired) electrons. The minimum Gasteiger partial charge on any atom is -0.482 e. The van der Waals surface area contributed by atoms with Crippen molar-refractivity contribution in [2.75, 3.05) is 0 Å².